The average Bonchev–Trinajstić information content (AvgIpc) is 2.82. The molecule has 1 rings (SSSR count). The predicted octanol–water partition coefficient (Wildman–Crippen LogP) is 1.40. The van der Waals surface area contributed by atoms with Crippen LogP contribution in [-0.2, 0) is 4.74 Å². The number of H-pyrrole nitrogens is 1. The Kier molecular flexibility index (Phi) is 5.58. The number of unbranched alkanes of at least 4 members (excludes halogenated alkanes) is 1. The third-order valence-corrected chi connectivity index (χ3v) is 2.11. The highest BCUT2D eigenvalue weighted by Crippen LogP contribution is 2.10. The van der Waals surface area contributed by atoms with E-state index in [0.29, 0.717) is 18.9 Å². The predicted molar refractivity (Wildman–Crippen MR) is 62.0 cm³/mol. The molecule has 0 fully saturated rings. The van der Waals surface area contributed by atoms with Gasteiger partial charge in [-0.3, -0.25) is 5.10 Å². The fourth-order valence-corrected chi connectivity index (χ4v) is 1.21. The van der Waals surface area contributed by atoms with Crippen LogP contribution in [0.2, 0.25) is 0 Å². The lowest BCUT2D eigenvalue weighted by molar-refractivity contribution is 0.140. The van der Waals surface area contributed by atoms with E-state index < -0.39 is 12.1 Å². The maximum atomic E-state index is 11.4. The second kappa shape index (κ2) is 7.28. The Morgan fingerprint density at radius 2 is 2.59 bits per heavy atom. The van der Waals surface area contributed by atoms with E-state index in [9.17, 15) is 4.79 Å². The van der Waals surface area contributed by atoms with Gasteiger partial charge in [-0.05, 0) is 6.42 Å². The SMILES string of the molecule is C#CCC(NC(=O)OCCCC)c1ncn[nH]1. The molecule has 0 saturated carbocycles. The number of alkyl carbamates (subject to hydrolysis) is 1. The van der Waals surface area contributed by atoms with Crippen molar-refractivity contribution in [1.29, 1.82) is 0 Å². The van der Waals surface area contributed by atoms with Gasteiger partial charge in [-0.15, -0.1) is 12.3 Å². The molecule has 1 aromatic rings. The molecule has 1 unspecified atom stereocenters. The molecule has 0 aliphatic carbocycles. The standard InChI is InChI=1S/C11H16N4O2/c1-3-5-7-17-11(16)14-9(6-4-2)10-12-8-13-15-10/h2,8-9H,3,5-7H2,1H3,(H,14,16)(H,12,13,15). The Morgan fingerprint density at radius 1 is 1.76 bits per heavy atom. The third-order valence-electron chi connectivity index (χ3n) is 2.11. The molecule has 0 saturated heterocycles. The number of nitrogens with zero attached hydrogens (tertiary/aromatic N) is 2. The Balaban J connectivity index is 2.45. The van der Waals surface area contributed by atoms with Gasteiger partial charge >= 0.3 is 6.09 Å². The number of amides is 1. The van der Waals surface area contributed by atoms with Gasteiger partial charge in [0, 0.05) is 6.42 Å². The van der Waals surface area contributed by atoms with Gasteiger partial charge in [-0.25, -0.2) is 9.78 Å². The summed E-state index contributed by atoms with van der Waals surface area (Å²) in [6, 6.07) is -0.392. The van der Waals surface area contributed by atoms with Gasteiger partial charge in [0.1, 0.15) is 18.2 Å². The maximum Gasteiger partial charge on any atom is 0.407 e. The molecule has 0 aliphatic rings. The average molecular weight is 236 g/mol. The van der Waals surface area contributed by atoms with Crippen LogP contribution in [0.25, 0.3) is 0 Å². The molecule has 1 amide bonds. The fraction of sp³-hybridized carbons (Fsp3) is 0.545. The van der Waals surface area contributed by atoms with E-state index in [-0.39, 0.29) is 0 Å². The second-order valence-corrected chi connectivity index (χ2v) is 3.47. The van der Waals surface area contributed by atoms with Crippen molar-refractivity contribution >= 4 is 6.09 Å². The molecular formula is C11H16N4O2. The molecule has 1 atom stereocenters. The van der Waals surface area contributed by atoms with E-state index in [2.05, 4.69) is 26.4 Å². The van der Waals surface area contributed by atoms with Crippen LogP contribution >= 0.6 is 0 Å². The summed E-state index contributed by atoms with van der Waals surface area (Å²) in [5.41, 5.74) is 0. The molecule has 92 valence electrons. The smallest absolute Gasteiger partial charge is 0.407 e. The van der Waals surface area contributed by atoms with Crippen molar-refractivity contribution in [3.8, 4) is 12.3 Å². The molecular weight excluding hydrogens is 220 g/mol. The summed E-state index contributed by atoms with van der Waals surface area (Å²) in [7, 11) is 0. The van der Waals surface area contributed by atoms with E-state index in [1.165, 1.54) is 6.33 Å². The number of carbonyl (C=O) groups excluding carboxylic acids is 1. The van der Waals surface area contributed by atoms with Crippen molar-refractivity contribution in [1.82, 2.24) is 20.5 Å². The highest BCUT2D eigenvalue weighted by molar-refractivity contribution is 5.67. The first-order valence-electron chi connectivity index (χ1n) is 5.50. The number of hydrogen-bond acceptors (Lipinski definition) is 4. The minimum absolute atomic E-state index is 0.331. The first-order chi connectivity index (χ1) is 8.27. The van der Waals surface area contributed by atoms with Crippen LogP contribution in [0.3, 0.4) is 0 Å². The Bertz CT molecular complexity index is 369. The zero-order chi connectivity index (χ0) is 12.5. The van der Waals surface area contributed by atoms with E-state index in [4.69, 9.17) is 11.2 Å². The van der Waals surface area contributed by atoms with Crippen LogP contribution in [0.4, 0.5) is 4.79 Å². The van der Waals surface area contributed by atoms with Gasteiger partial charge in [0.05, 0.1) is 6.61 Å². The summed E-state index contributed by atoms with van der Waals surface area (Å²) in [6.45, 7) is 2.43. The van der Waals surface area contributed by atoms with Crippen molar-refractivity contribution in [2.75, 3.05) is 6.61 Å². The zero-order valence-electron chi connectivity index (χ0n) is 9.77. The molecule has 1 aromatic heterocycles. The van der Waals surface area contributed by atoms with Gasteiger partial charge in [-0.1, -0.05) is 13.3 Å². The van der Waals surface area contributed by atoms with Gasteiger partial charge in [0.2, 0.25) is 0 Å². The summed E-state index contributed by atoms with van der Waals surface area (Å²) in [6.07, 6.45) is 8.25. The number of hydrogen-bond donors (Lipinski definition) is 2. The molecule has 0 radical (unpaired) electrons. The van der Waals surface area contributed by atoms with Crippen molar-refractivity contribution in [2.24, 2.45) is 0 Å². The molecule has 0 aliphatic heterocycles. The van der Waals surface area contributed by atoms with Crippen LogP contribution in [0.15, 0.2) is 6.33 Å². The number of nitrogens with one attached hydrogen (secondary N) is 2. The first-order valence-corrected chi connectivity index (χ1v) is 5.50. The summed E-state index contributed by atoms with van der Waals surface area (Å²) in [4.78, 5) is 15.4. The number of aromatic amines is 1. The molecule has 0 aromatic carbocycles. The summed E-state index contributed by atoms with van der Waals surface area (Å²) >= 11 is 0. The normalized spacial score (nSPS) is 11.5. The van der Waals surface area contributed by atoms with Crippen LogP contribution in [0, 0.1) is 12.3 Å². The number of aromatic nitrogens is 3. The molecule has 0 bridgehead atoms. The van der Waals surface area contributed by atoms with Gasteiger partial charge in [-0.2, -0.15) is 5.10 Å². The number of rotatable bonds is 6. The highest BCUT2D eigenvalue weighted by Gasteiger charge is 2.16. The summed E-state index contributed by atoms with van der Waals surface area (Å²) < 4.78 is 4.98. The molecule has 2 N–H and O–H groups in total. The Morgan fingerprint density at radius 3 is 3.18 bits per heavy atom. The summed E-state index contributed by atoms with van der Waals surface area (Å²) in [5.74, 6) is 2.99. The van der Waals surface area contributed by atoms with Crippen LogP contribution in [0.1, 0.15) is 38.1 Å². The molecule has 17 heavy (non-hydrogen) atoms. The van der Waals surface area contributed by atoms with Gasteiger partial charge < -0.3 is 10.1 Å². The van der Waals surface area contributed by atoms with Crippen molar-refractivity contribution in [2.45, 2.75) is 32.2 Å². The minimum Gasteiger partial charge on any atom is -0.450 e. The van der Waals surface area contributed by atoms with Gasteiger partial charge in [0.15, 0.2) is 0 Å². The minimum atomic E-state index is -0.491. The van der Waals surface area contributed by atoms with Crippen LogP contribution < -0.4 is 5.32 Å². The summed E-state index contributed by atoms with van der Waals surface area (Å²) in [5, 5.41) is 9.02. The van der Waals surface area contributed by atoms with E-state index in [0.717, 1.165) is 12.8 Å². The Hall–Kier alpha value is -2.03. The number of carbonyl (C=O) groups is 1. The van der Waals surface area contributed by atoms with Gasteiger partial charge in [0.25, 0.3) is 0 Å². The monoisotopic (exact) mass is 236 g/mol. The van der Waals surface area contributed by atoms with E-state index in [1.807, 2.05) is 6.92 Å². The molecule has 0 spiro atoms. The second-order valence-electron chi connectivity index (χ2n) is 3.47. The lowest BCUT2D eigenvalue weighted by Gasteiger charge is -2.13. The van der Waals surface area contributed by atoms with Crippen LogP contribution in [-0.4, -0.2) is 27.9 Å². The van der Waals surface area contributed by atoms with E-state index >= 15 is 0 Å². The Labute approximate surface area is 100 Å². The zero-order valence-corrected chi connectivity index (χ0v) is 9.77. The topological polar surface area (TPSA) is 79.9 Å². The van der Waals surface area contributed by atoms with E-state index in [1.54, 1.807) is 0 Å². The number of terminal acetylenes is 1. The number of ether oxygens (including phenoxy) is 1. The van der Waals surface area contributed by atoms with Crippen molar-refractivity contribution < 1.29 is 9.53 Å². The molecule has 1 heterocycles. The third kappa shape index (κ3) is 4.55. The van der Waals surface area contributed by atoms with Crippen molar-refractivity contribution in [3.63, 3.8) is 0 Å². The molecule has 6 heteroatoms. The largest absolute Gasteiger partial charge is 0.450 e. The lowest BCUT2D eigenvalue weighted by Crippen LogP contribution is -2.30. The molecule has 6 nitrogen and oxygen atoms in total. The first kappa shape index (κ1) is 13.0. The quantitative estimate of drug-likeness (QED) is 0.578. The fourth-order valence-electron chi connectivity index (χ4n) is 1.21. The maximum absolute atomic E-state index is 11.4. The van der Waals surface area contributed by atoms with Crippen molar-refractivity contribution in [3.05, 3.63) is 12.2 Å². The lowest BCUT2D eigenvalue weighted by atomic mass is 10.2. The highest BCUT2D eigenvalue weighted by atomic mass is 16.5. The van der Waals surface area contributed by atoms with Crippen LogP contribution in [0.5, 0.6) is 0 Å².